The normalized spacial score (nSPS) is 9.60. The number of fused-ring (bicyclic) bond motifs is 1. The number of halogens is 1. The zero-order chi connectivity index (χ0) is 11.4. The highest BCUT2D eigenvalue weighted by Gasteiger charge is 2.01. The maximum absolute atomic E-state index is 11.5. The zero-order valence-electron chi connectivity index (χ0n) is 8.97. The van der Waals surface area contributed by atoms with E-state index in [9.17, 15) is 4.79 Å². The van der Waals surface area contributed by atoms with Gasteiger partial charge in [0.2, 0.25) is 5.43 Å². The number of aromatic nitrogens is 2. The lowest BCUT2D eigenvalue weighted by Gasteiger charge is -1.98. The van der Waals surface area contributed by atoms with Gasteiger partial charge < -0.3 is 0 Å². The molecule has 2 rings (SSSR count). The Hall–Kier alpha value is -1.16. The first-order chi connectivity index (χ1) is 7.18. The first-order valence-corrected chi connectivity index (χ1v) is 5.62. The van der Waals surface area contributed by atoms with E-state index >= 15 is 0 Å². The molecule has 0 amide bonds. The Morgan fingerprint density at radius 3 is 2.67 bits per heavy atom. The van der Waals surface area contributed by atoms with Crippen molar-refractivity contribution in [2.75, 3.05) is 0 Å². The SMILES string of the molecule is CC.Cc1n[nH]c2cc(Br)ccc2c1=O. The van der Waals surface area contributed by atoms with Crippen LogP contribution in [0.2, 0.25) is 0 Å². The van der Waals surface area contributed by atoms with E-state index in [0.717, 1.165) is 9.99 Å². The minimum absolute atomic E-state index is 0.0127. The molecule has 2 aromatic rings. The summed E-state index contributed by atoms with van der Waals surface area (Å²) >= 11 is 3.33. The summed E-state index contributed by atoms with van der Waals surface area (Å²) < 4.78 is 0.932. The third-order valence-electron chi connectivity index (χ3n) is 1.90. The monoisotopic (exact) mass is 268 g/mol. The van der Waals surface area contributed by atoms with Gasteiger partial charge in [-0.3, -0.25) is 9.89 Å². The Morgan fingerprint density at radius 1 is 1.33 bits per heavy atom. The van der Waals surface area contributed by atoms with Crippen molar-refractivity contribution in [2.24, 2.45) is 0 Å². The van der Waals surface area contributed by atoms with Gasteiger partial charge in [-0.25, -0.2) is 0 Å². The number of aromatic amines is 1. The summed E-state index contributed by atoms with van der Waals surface area (Å²) in [6.45, 7) is 5.69. The highest BCUT2D eigenvalue weighted by atomic mass is 79.9. The summed E-state index contributed by atoms with van der Waals surface area (Å²) in [5.74, 6) is 0. The summed E-state index contributed by atoms with van der Waals surface area (Å²) in [7, 11) is 0. The number of rotatable bonds is 0. The molecule has 0 fully saturated rings. The Labute approximate surface area is 96.7 Å². The Bertz CT molecular complexity index is 519. The molecule has 0 atom stereocenters. The fourth-order valence-corrected chi connectivity index (χ4v) is 1.56. The lowest BCUT2D eigenvalue weighted by atomic mass is 10.2. The van der Waals surface area contributed by atoms with Crippen LogP contribution >= 0.6 is 15.9 Å². The summed E-state index contributed by atoms with van der Waals surface area (Å²) in [4.78, 5) is 11.5. The van der Waals surface area contributed by atoms with Crippen molar-refractivity contribution >= 4 is 26.8 Å². The molecule has 1 aromatic carbocycles. The van der Waals surface area contributed by atoms with Crippen LogP contribution in [-0.2, 0) is 0 Å². The maximum atomic E-state index is 11.5. The molecule has 0 unspecified atom stereocenters. The zero-order valence-corrected chi connectivity index (χ0v) is 10.6. The molecular formula is C11H13BrN2O. The largest absolute Gasteiger partial charge is 0.287 e. The van der Waals surface area contributed by atoms with Crippen molar-refractivity contribution in [3.05, 3.63) is 38.6 Å². The average molecular weight is 269 g/mol. The second-order valence-electron chi connectivity index (χ2n) is 2.83. The molecule has 0 aliphatic rings. The first kappa shape index (κ1) is 11.9. The van der Waals surface area contributed by atoms with E-state index in [1.807, 2.05) is 26.0 Å². The Kier molecular flexibility index (Phi) is 4.03. The van der Waals surface area contributed by atoms with Crippen LogP contribution in [0.15, 0.2) is 27.5 Å². The number of aryl methyl sites for hydroxylation is 1. The van der Waals surface area contributed by atoms with Crippen molar-refractivity contribution in [1.82, 2.24) is 10.2 Å². The topological polar surface area (TPSA) is 45.8 Å². The molecule has 0 saturated heterocycles. The number of benzene rings is 1. The van der Waals surface area contributed by atoms with Gasteiger partial charge in [0, 0.05) is 9.86 Å². The molecule has 0 spiro atoms. The van der Waals surface area contributed by atoms with Gasteiger partial charge >= 0.3 is 0 Å². The van der Waals surface area contributed by atoms with Gasteiger partial charge in [-0.15, -0.1) is 0 Å². The maximum Gasteiger partial charge on any atom is 0.210 e. The van der Waals surface area contributed by atoms with Crippen LogP contribution in [-0.4, -0.2) is 10.2 Å². The van der Waals surface area contributed by atoms with Crippen LogP contribution in [0.5, 0.6) is 0 Å². The molecule has 3 nitrogen and oxygen atoms in total. The van der Waals surface area contributed by atoms with Crippen LogP contribution < -0.4 is 5.43 Å². The lowest BCUT2D eigenvalue weighted by Crippen LogP contribution is -2.09. The van der Waals surface area contributed by atoms with Gasteiger partial charge in [-0.2, -0.15) is 5.10 Å². The van der Waals surface area contributed by atoms with Crippen molar-refractivity contribution in [3.63, 3.8) is 0 Å². The second-order valence-corrected chi connectivity index (χ2v) is 3.74. The quantitative estimate of drug-likeness (QED) is 0.799. The van der Waals surface area contributed by atoms with Gasteiger partial charge in [-0.1, -0.05) is 29.8 Å². The van der Waals surface area contributed by atoms with E-state index in [1.165, 1.54) is 0 Å². The van der Waals surface area contributed by atoms with Gasteiger partial charge in [-0.05, 0) is 25.1 Å². The van der Waals surface area contributed by atoms with Crippen molar-refractivity contribution in [2.45, 2.75) is 20.8 Å². The lowest BCUT2D eigenvalue weighted by molar-refractivity contribution is 1.00. The van der Waals surface area contributed by atoms with E-state index in [2.05, 4.69) is 26.1 Å². The third kappa shape index (κ3) is 2.45. The van der Waals surface area contributed by atoms with E-state index in [1.54, 1.807) is 13.0 Å². The van der Waals surface area contributed by atoms with Crippen molar-refractivity contribution in [3.8, 4) is 0 Å². The summed E-state index contributed by atoms with van der Waals surface area (Å²) in [5.41, 5.74) is 1.24. The predicted octanol–water partition coefficient (Wildman–Crippen LogP) is 3.02. The standard InChI is InChI=1S/C9H7BrN2O.C2H6/c1-5-9(13)7-3-2-6(10)4-8(7)12-11-5;1-2/h2-4H,1H3,(H,12,13);1-2H3. The van der Waals surface area contributed by atoms with Gasteiger partial charge in [0.25, 0.3) is 0 Å². The number of hydrogen-bond donors (Lipinski definition) is 1. The summed E-state index contributed by atoms with van der Waals surface area (Å²) in [5, 5.41) is 7.39. The van der Waals surface area contributed by atoms with Gasteiger partial charge in [0.1, 0.15) is 5.69 Å². The van der Waals surface area contributed by atoms with E-state index < -0.39 is 0 Å². The van der Waals surface area contributed by atoms with Crippen molar-refractivity contribution in [1.29, 1.82) is 0 Å². The van der Waals surface area contributed by atoms with Crippen LogP contribution in [0.1, 0.15) is 19.5 Å². The highest BCUT2D eigenvalue weighted by molar-refractivity contribution is 9.10. The molecule has 0 radical (unpaired) electrons. The van der Waals surface area contributed by atoms with E-state index in [-0.39, 0.29) is 5.43 Å². The second kappa shape index (κ2) is 5.07. The number of nitrogens with one attached hydrogen (secondary N) is 1. The first-order valence-electron chi connectivity index (χ1n) is 4.83. The molecule has 0 saturated carbocycles. The molecule has 15 heavy (non-hydrogen) atoms. The minimum atomic E-state index is -0.0127. The Balaban J connectivity index is 0.000000531. The predicted molar refractivity (Wildman–Crippen MR) is 66.1 cm³/mol. The third-order valence-corrected chi connectivity index (χ3v) is 2.39. The molecule has 0 aliphatic heterocycles. The van der Waals surface area contributed by atoms with E-state index in [4.69, 9.17) is 0 Å². The van der Waals surface area contributed by atoms with Crippen LogP contribution in [0.4, 0.5) is 0 Å². The fraction of sp³-hybridized carbons (Fsp3) is 0.273. The Morgan fingerprint density at radius 2 is 2.00 bits per heavy atom. The van der Waals surface area contributed by atoms with Crippen LogP contribution in [0.3, 0.4) is 0 Å². The number of nitrogens with zero attached hydrogens (tertiary/aromatic N) is 1. The van der Waals surface area contributed by atoms with Crippen LogP contribution in [0, 0.1) is 6.92 Å². The molecule has 1 N–H and O–H groups in total. The summed E-state index contributed by atoms with van der Waals surface area (Å²) in [6.07, 6.45) is 0. The fourth-order valence-electron chi connectivity index (χ4n) is 1.20. The molecule has 1 aromatic heterocycles. The van der Waals surface area contributed by atoms with Gasteiger partial charge in [0.15, 0.2) is 0 Å². The van der Waals surface area contributed by atoms with Crippen LogP contribution in [0.25, 0.3) is 10.9 Å². The summed E-state index contributed by atoms with van der Waals surface area (Å²) in [6, 6.07) is 5.47. The molecule has 80 valence electrons. The number of H-pyrrole nitrogens is 1. The van der Waals surface area contributed by atoms with E-state index in [0.29, 0.717) is 11.1 Å². The molecule has 1 heterocycles. The average Bonchev–Trinajstić information content (AvgIpc) is 2.26. The molecule has 0 bridgehead atoms. The molecule has 4 heteroatoms. The van der Waals surface area contributed by atoms with Crippen molar-refractivity contribution < 1.29 is 0 Å². The minimum Gasteiger partial charge on any atom is -0.287 e. The molecule has 0 aliphatic carbocycles. The smallest absolute Gasteiger partial charge is 0.210 e. The highest BCUT2D eigenvalue weighted by Crippen LogP contribution is 2.14. The molecular weight excluding hydrogens is 256 g/mol. The number of hydrogen-bond acceptors (Lipinski definition) is 2. The van der Waals surface area contributed by atoms with Gasteiger partial charge in [0.05, 0.1) is 5.52 Å².